The molecule has 1 N–H and O–H groups in total. The molecule has 0 saturated heterocycles. The average molecular weight is 233 g/mol. The van der Waals surface area contributed by atoms with Crippen LogP contribution in [0.25, 0.3) is 11.4 Å². The van der Waals surface area contributed by atoms with E-state index >= 15 is 0 Å². The number of nitrogens with zero attached hydrogens (tertiary/aromatic N) is 4. The van der Waals surface area contributed by atoms with E-state index in [-0.39, 0.29) is 11.4 Å². The number of pyridine rings is 1. The molecule has 0 aromatic carbocycles. The van der Waals surface area contributed by atoms with Crippen molar-refractivity contribution in [3.8, 4) is 35.9 Å². The number of H-pyrrole nitrogens is 1. The van der Waals surface area contributed by atoms with Crippen molar-refractivity contribution in [1.82, 2.24) is 15.0 Å². The number of hydrogen-bond donors (Lipinski definition) is 1. The summed E-state index contributed by atoms with van der Waals surface area (Å²) in [6.07, 6.45) is 7.27. The minimum absolute atomic E-state index is 0.0722. The Bertz CT molecular complexity index is 675. The molecule has 0 aliphatic heterocycles. The van der Waals surface area contributed by atoms with Gasteiger partial charge in [-0.3, -0.25) is 4.98 Å². The molecular formula is C13H7N5. The number of nitrogens with one attached hydrogen (secondary N) is 1. The van der Waals surface area contributed by atoms with Gasteiger partial charge in [-0.1, -0.05) is 0 Å². The first-order chi connectivity index (χ1) is 8.80. The zero-order valence-corrected chi connectivity index (χ0v) is 9.31. The quantitative estimate of drug-likeness (QED) is 0.794. The van der Waals surface area contributed by atoms with Crippen LogP contribution in [0.4, 0.5) is 0 Å². The summed E-state index contributed by atoms with van der Waals surface area (Å²) >= 11 is 0. The minimum Gasteiger partial charge on any atom is -0.329 e. The lowest BCUT2D eigenvalue weighted by Crippen LogP contribution is -1.93. The number of imidazole rings is 1. The van der Waals surface area contributed by atoms with Crippen LogP contribution in [0.2, 0.25) is 0 Å². The average Bonchev–Trinajstić information content (AvgIpc) is 2.83. The van der Waals surface area contributed by atoms with E-state index in [9.17, 15) is 0 Å². The Labute approximate surface area is 104 Å². The molecule has 0 atom stereocenters. The van der Waals surface area contributed by atoms with Crippen LogP contribution >= 0.6 is 0 Å². The second kappa shape index (κ2) is 4.82. The summed E-state index contributed by atoms with van der Waals surface area (Å²) in [6.45, 7) is 0. The Balaban J connectivity index is 2.57. The van der Waals surface area contributed by atoms with Gasteiger partial charge in [-0.15, -0.1) is 12.3 Å². The molecule has 2 aromatic heterocycles. The van der Waals surface area contributed by atoms with Crippen molar-refractivity contribution < 1.29 is 0 Å². The fourth-order valence-electron chi connectivity index (χ4n) is 1.55. The molecule has 5 heteroatoms. The van der Waals surface area contributed by atoms with Crippen molar-refractivity contribution >= 4 is 0 Å². The third-order valence-electron chi connectivity index (χ3n) is 2.34. The monoisotopic (exact) mass is 233 g/mol. The molecule has 2 aromatic rings. The van der Waals surface area contributed by atoms with E-state index in [4.69, 9.17) is 16.9 Å². The summed E-state index contributed by atoms with van der Waals surface area (Å²) < 4.78 is 0. The van der Waals surface area contributed by atoms with E-state index < -0.39 is 0 Å². The van der Waals surface area contributed by atoms with Gasteiger partial charge in [-0.2, -0.15) is 10.5 Å². The molecule has 0 saturated carbocycles. The molecule has 18 heavy (non-hydrogen) atoms. The third-order valence-corrected chi connectivity index (χ3v) is 2.34. The Hall–Kier alpha value is -3.10. The predicted octanol–water partition coefficient (Wildman–Crippen LogP) is 1.39. The maximum Gasteiger partial charge on any atom is 0.177 e. The van der Waals surface area contributed by atoms with Crippen molar-refractivity contribution in [3.05, 3.63) is 35.4 Å². The van der Waals surface area contributed by atoms with Gasteiger partial charge >= 0.3 is 0 Å². The second-order valence-electron chi connectivity index (χ2n) is 3.41. The lowest BCUT2D eigenvalue weighted by molar-refractivity contribution is 1.12. The van der Waals surface area contributed by atoms with Gasteiger partial charge in [-0.05, 0) is 12.1 Å². The van der Waals surface area contributed by atoms with Crippen LogP contribution in [0.15, 0.2) is 18.3 Å². The first-order valence-electron chi connectivity index (χ1n) is 5.08. The molecule has 0 unspecified atom stereocenters. The van der Waals surface area contributed by atoms with Crippen molar-refractivity contribution in [1.29, 1.82) is 10.5 Å². The van der Waals surface area contributed by atoms with Crippen molar-refractivity contribution in [2.75, 3.05) is 0 Å². The van der Waals surface area contributed by atoms with E-state index in [1.807, 2.05) is 12.1 Å². The van der Waals surface area contributed by atoms with E-state index in [0.717, 1.165) is 0 Å². The molecule has 2 heterocycles. The molecule has 0 bridgehead atoms. The maximum atomic E-state index is 8.86. The fourth-order valence-corrected chi connectivity index (χ4v) is 1.55. The fraction of sp³-hybridized carbons (Fsp3) is 0.0769. The first-order valence-corrected chi connectivity index (χ1v) is 5.08. The predicted molar refractivity (Wildman–Crippen MR) is 63.8 cm³/mol. The Morgan fingerprint density at radius 1 is 1.33 bits per heavy atom. The maximum absolute atomic E-state index is 8.86. The van der Waals surface area contributed by atoms with Crippen LogP contribution in [0.5, 0.6) is 0 Å². The lowest BCUT2D eigenvalue weighted by atomic mass is 10.1. The molecule has 5 nitrogen and oxygen atoms in total. The highest BCUT2D eigenvalue weighted by molar-refractivity contribution is 5.61. The molecule has 0 spiro atoms. The normalized spacial score (nSPS) is 9.17. The van der Waals surface area contributed by atoms with Crippen LogP contribution in [0.3, 0.4) is 0 Å². The van der Waals surface area contributed by atoms with Crippen LogP contribution in [0.1, 0.15) is 17.1 Å². The molecule has 0 amide bonds. The highest BCUT2D eigenvalue weighted by Gasteiger charge is 2.13. The molecular weight excluding hydrogens is 226 g/mol. The van der Waals surface area contributed by atoms with Crippen LogP contribution in [-0.4, -0.2) is 15.0 Å². The van der Waals surface area contributed by atoms with E-state index in [1.165, 1.54) is 0 Å². The number of aromatic amines is 1. The second-order valence-corrected chi connectivity index (χ2v) is 3.41. The summed E-state index contributed by atoms with van der Waals surface area (Å²) in [4.78, 5) is 11.0. The van der Waals surface area contributed by atoms with Crippen molar-refractivity contribution in [2.45, 2.75) is 6.42 Å². The van der Waals surface area contributed by atoms with Gasteiger partial charge in [0.15, 0.2) is 11.4 Å². The summed E-state index contributed by atoms with van der Waals surface area (Å²) in [5, 5.41) is 17.7. The summed E-state index contributed by atoms with van der Waals surface area (Å²) in [6, 6.07) is 7.29. The Morgan fingerprint density at radius 2 is 2.17 bits per heavy atom. The minimum atomic E-state index is 0.0722. The number of nitriles is 2. The van der Waals surface area contributed by atoms with Gasteiger partial charge in [0.2, 0.25) is 0 Å². The van der Waals surface area contributed by atoms with Crippen LogP contribution < -0.4 is 0 Å². The standard InChI is InChI=1S/C13H7N5/c1-2-4-10-9(5-3-6-16-10)13-17-11(7-14)12(8-15)18-13/h1,3,5-6H,4H2,(H,17,18). The topological polar surface area (TPSA) is 89.2 Å². The highest BCUT2D eigenvalue weighted by atomic mass is 14.9. The molecule has 0 radical (unpaired) electrons. The first kappa shape index (κ1) is 11.4. The molecule has 0 aliphatic rings. The van der Waals surface area contributed by atoms with Crippen LogP contribution in [-0.2, 0) is 6.42 Å². The van der Waals surface area contributed by atoms with E-state index in [1.54, 1.807) is 18.3 Å². The van der Waals surface area contributed by atoms with Gasteiger partial charge in [0.25, 0.3) is 0 Å². The molecule has 2 rings (SSSR count). The zero-order chi connectivity index (χ0) is 13.0. The number of aromatic nitrogens is 3. The Morgan fingerprint density at radius 3 is 2.78 bits per heavy atom. The molecule has 0 aliphatic carbocycles. The number of hydrogen-bond acceptors (Lipinski definition) is 4. The van der Waals surface area contributed by atoms with Gasteiger partial charge in [0, 0.05) is 11.8 Å². The summed E-state index contributed by atoms with van der Waals surface area (Å²) in [5.74, 6) is 2.94. The highest BCUT2D eigenvalue weighted by Crippen LogP contribution is 2.20. The summed E-state index contributed by atoms with van der Waals surface area (Å²) in [5.41, 5.74) is 1.60. The third kappa shape index (κ3) is 1.91. The van der Waals surface area contributed by atoms with Gasteiger partial charge in [0.05, 0.1) is 12.1 Å². The van der Waals surface area contributed by atoms with Crippen LogP contribution in [0, 0.1) is 35.0 Å². The van der Waals surface area contributed by atoms with Crippen molar-refractivity contribution in [3.63, 3.8) is 0 Å². The largest absolute Gasteiger partial charge is 0.329 e. The van der Waals surface area contributed by atoms with Crippen molar-refractivity contribution in [2.24, 2.45) is 0 Å². The Kier molecular flexibility index (Phi) is 3.05. The van der Waals surface area contributed by atoms with E-state index in [0.29, 0.717) is 23.5 Å². The van der Waals surface area contributed by atoms with Gasteiger partial charge < -0.3 is 4.98 Å². The smallest absolute Gasteiger partial charge is 0.177 e. The number of rotatable bonds is 2. The van der Waals surface area contributed by atoms with Gasteiger partial charge in [-0.25, -0.2) is 4.98 Å². The summed E-state index contributed by atoms with van der Waals surface area (Å²) in [7, 11) is 0. The molecule has 84 valence electrons. The SMILES string of the molecule is C#CCc1ncccc1-c1nc(C#N)c(C#N)[nH]1. The zero-order valence-electron chi connectivity index (χ0n) is 9.31. The molecule has 0 fully saturated rings. The van der Waals surface area contributed by atoms with E-state index in [2.05, 4.69) is 20.9 Å². The number of terminal acetylenes is 1. The lowest BCUT2D eigenvalue weighted by Gasteiger charge is -2.01. The van der Waals surface area contributed by atoms with Gasteiger partial charge in [0.1, 0.15) is 18.0 Å².